The highest BCUT2D eigenvalue weighted by Crippen LogP contribution is 2.07. The second-order valence-electron chi connectivity index (χ2n) is 4.89. The molecular weight excluding hydrogens is 222 g/mol. The molecule has 5 nitrogen and oxygen atoms in total. The van der Waals surface area contributed by atoms with Gasteiger partial charge in [-0.2, -0.15) is 0 Å². The summed E-state index contributed by atoms with van der Waals surface area (Å²) in [6.45, 7) is 9.37. The number of rotatable bonds is 5. The van der Waals surface area contributed by atoms with Crippen molar-refractivity contribution in [1.82, 2.24) is 5.32 Å². The quantitative estimate of drug-likeness (QED) is 0.754. The molecule has 0 bridgehead atoms. The van der Waals surface area contributed by atoms with Gasteiger partial charge in [0.1, 0.15) is 5.60 Å². The summed E-state index contributed by atoms with van der Waals surface area (Å²) in [7, 11) is 0. The van der Waals surface area contributed by atoms with Crippen molar-refractivity contribution in [3.8, 4) is 0 Å². The minimum absolute atomic E-state index is 0.116. The van der Waals surface area contributed by atoms with Gasteiger partial charge < -0.3 is 14.8 Å². The predicted octanol–water partition coefficient (Wildman–Crippen LogP) is 2.24. The zero-order valence-corrected chi connectivity index (χ0v) is 11.3. The molecule has 17 heavy (non-hydrogen) atoms. The lowest BCUT2D eigenvalue weighted by Gasteiger charge is -2.21. The summed E-state index contributed by atoms with van der Waals surface area (Å²) in [6, 6.07) is -0.116. The zero-order valence-electron chi connectivity index (χ0n) is 11.3. The molecule has 100 valence electrons. The van der Waals surface area contributed by atoms with Crippen LogP contribution in [0, 0.1) is 0 Å². The minimum Gasteiger partial charge on any atom is -0.466 e. The van der Waals surface area contributed by atoms with Crippen LogP contribution in [0.25, 0.3) is 0 Å². The Balaban J connectivity index is 3.82. The lowest BCUT2D eigenvalue weighted by Crippen LogP contribution is -2.37. The first-order valence-electron chi connectivity index (χ1n) is 5.89. The smallest absolute Gasteiger partial charge is 0.407 e. The Morgan fingerprint density at radius 1 is 1.29 bits per heavy atom. The number of nitrogens with one attached hydrogen (secondary N) is 1. The average Bonchev–Trinajstić information content (AvgIpc) is 2.12. The molecule has 1 unspecified atom stereocenters. The molecule has 0 heterocycles. The van der Waals surface area contributed by atoms with E-state index in [2.05, 4.69) is 5.32 Å². The van der Waals surface area contributed by atoms with E-state index in [9.17, 15) is 9.59 Å². The maximum absolute atomic E-state index is 11.4. The van der Waals surface area contributed by atoms with Gasteiger partial charge in [-0.05, 0) is 41.0 Å². The molecule has 0 radical (unpaired) electrons. The summed E-state index contributed by atoms with van der Waals surface area (Å²) in [5.74, 6) is -0.245. The topological polar surface area (TPSA) is 64.6 Å². The third-order valence-electron chi connectivity index (χ3n) is 1.85. The van der Waals surface area contributed by atoms with Gasteiger partial charge in [0.25, 0.3) is 0 Å². The van der Waals surface area contributed by atoms with Crippen molar-refractivity contribution < 1.29 is 19.1 Å². The molecule has 1 amide bonds. The lowest BCUT2D eigenvalue weighted by atomic mass is 10.2. The van der Waals surface area contributed by atoms with Crippen LogP contribution in [0.5, 0.6) is 0 Å². The summed E-state index contributed by atoms with van der Waals surface area (Å²) in [5.41, 5.74) is -0.509. The molecule has 0 spiro atoms. The van der Waals surface area contributed by atoms with Crippen LogP contribution in [0.1, 0.15) is 47.5 Å². The molecule has 0 saturated carbocycles. The summed E-state index contributed by atoms with van der Waals surface area (Å²) in [4.78, 5) is 22.5. The van der Waals surface area contributed by atoms with Crippen LogP contribution in [-0.4, -0.2) is 30.3 Å². The van der Waals surface area contributed by atoms with Crippen molar-refractivity contribution in [3.05, 3.63) is 0 Å². The molecule has 0 saturated heterocycles. The Kier molecular flexibility index (Phi) is 6.61. The molecule has 0 rings (SSSR count). The van der Waals surface area contributed by atoms with E-state index in [1.165, 1.54) is 0 Å². The standard InChI is InChI=1S/C12H23NO4/c1-6-16-10(14)8-7-9(2)13-11(15)17-12(3,4)5/h9H,6-8H2,1-5H3,(H,13,15). The highest BCUT2D eigenvalue weighted by Gasteiger charge is 2.18. The number of hydrogen-bond donors (Lipinski definition) is 1. The van der Waals surface area contributed by atoms with E-state index < -0.39 is 11.7 Å². The zero-order chi connectivity index (χ0) is 13.5. The van der Waals surface area contributed by atoms with Gasteiger partial charge in [0, 0.05) is 12.5 Å². The van der Waals surface area contributed by atoms with Crippen molar-refractivity contribution in [2.75, 3.05) is 6.61 Å². The summed E-state index contributed by atoms with van der Waals surface area (Å²) >= 11 is 0. The van der Waals surface area contributed by atoms with E-state index in [0.717, 1.165) is 0 Å². The van der Waals surface area contributed by atoms with Crippen LogP contribution in [0.15, 0.2) is 0 Å². The van der Waals surface area contributed by atoms with Gasteiger partial charge >= 0.3 is 12.1 Å². The number of carbonyl (C=O) groups is 2. The highest BCUT2D eigenvalue weighted by atomic mass is 16.6. The fourth-order valence-electron chi connectivity index (χ4n) is 1.15. The van der Waals surface area contributed by atoms with Crippen molar-refractivity contribution in [2.45, 2.75) is 59.1 Å². The van der Waals surface area contributed by atoms with Gasteiger partial charge in [0.15, 0.2) is 0 Å². The predicted molar refractivity (Wildman–Crippen MR) is 64.7 cm³/mol. The average molecular weight is 245 g/mol. The normalized spacial score (nSPS) is 12.8. The highest BCUT2D eigenvalue weighted by molar-refractivity contribution is 5.70. The molecule has 0 aromatic rings. The van der Waals surface area contributed by atoms with Crippen LogP contribution in [0.2, 0.25) is 0 Å². The maximum Gasteiger partial charge on any atom is 0.407 e. The van der Waals surface area contributed by atoms with Crippen LogP contribution < -0.4 is 5.32 Å². The van der Waals surface area contributed by atoms with E-state index >= 15 is 0 Å². The third-order valence-corrected chi connectivity index (χ3v) is 1.85. The molecule has 0 aliphatic rings. The van der Waals surface area contributed by atoms with E-state index in [1.54, 1.807) is 27.7 Å². The molecule has 1 N–H and O–H groups in total. The van der Waals surface area contributed by atoms with Gasteiger partial charge in [0.05, 0.1) is 6.61 Å². The number of alkyl carbamates (subject to hydrolysis) is 1. The Bertz CT molecular complexity index is 258. The Morgan fingerprint density at radius 3 is 2.35 bits per heavy atom. The molecule has 1 atom stereocenters. The molecule has 0 aromatic heterocycles. The van der Waals surface area contributed by atoms with Crippen molar-refractivity contribution in [2.24, 2.45) is 0 Å². The maximum atomic E-state index is 11.4. The minimum atomic E-state index is -0.509. The Labute approximate surface area is 103 Å². The summed E-state index contributed by atoms with van der Waals surface area (Å²) < 4.78 is 9.89. The molecule has 0 aliphatic carbocycles. The first kappa shape index (κ1) is 15.7. The van der Waals surface area contributed by atoms with Crippen LogP contribution in [0.4, 0.5) is 4.79 Å². The van der Waals surface area contributed by atoms with Crippen molar-refractivity contribution >= 4 is 12.1 Å². The van der Waals surface area contributed by atoms with E-state index in [-0.39, 0.29) is 12.0 Å². The lowest BCUT2D eigenvalue weighted by molar-refractivity contribution is -0.143. The molecule has 0 fully saturated rings. The summed E-state index contributed by atoms with van der Waals surface area (Å²) in [6.07, 6.45) is 0.372. The van der Waals surface area contributed by atoms with Gasteiger partial charge in [-0.1, -0.05) is 0 Å². The fraction of sp³-hybridized carbons (Fsp3) is 0.833. The first-order valence-corrected chi connectivity index (χ1v) is 5.89. The van der Waals surface area contributed by atoms with Gasteiger partial charge in [-0.25, -0.2) is 4.79 Å². The molecule has 5 heteroatoms. The first-order chi connectivity index (χ1) is 7.74. The molecular formula is C12H23NO4. The van der Waals surface area contributed by atoms with Crippen LogP contribution in [-0.2, 0) is 14.3 Å². The number of hydrogen-bond acceptors (Lipinski definition) is 4. The van der Waals surface area contributed by atoms with E-state index in [1.807, 2.05) is 6.92 Å². The van der Waals surface area contributed by atoms with Crippen LogP contribution >= 0.6 is 0 Å². The SMILES string of the molecule is CCOC(=O)CCC(C)NC(=O)OC(C)(C)C. The van der Waals surface area contributed by atoms with E-state index in [4.69, 9.17) is 9.47 Å². The summed E-state index contributed by atoms with van der Waals surface area (Å²) in [5, 5.41) is 2.66. The van der Waals surface area contributed by atoms with Gasteiger partial charge in [0.2, 0.25) is 0 Å². The number of ether oxygens (including phenoxy) is 2. The number of amides is 1. The largest absolute Gasteiger partial charge is 0.466 e. The second kappa shape index (κ2) is 7.14. The van der Waals surface area contributed by atoms with Crippen molar-refractivity contribution in [1.29, 1.82) is 0 Å². The van der Waals surface area contributed by atoms with Gasteiger partial charge in [-0.3, -0.25) is 4.79 Å². The molecule has 0 aromatic carbocycles. The van der Waals surface area contributed by atoms with Crippen molar-refractivity contribution in [3.63, 3.8) is 0 Å². The second-order valence-corrected chi connectivity index (χ2v) is 4.89. The number of carbonyl (C=O) groups excluding carboxylic acids is 2. The Morgan fingerprint density at radius 2 is 1.88 bits per heavy atom. The molecule has 0 aliphatic heterocycles. The Hall–Kier alpha value is -1.26. The van der Waals surface area contributed by atoms with Gasteiger partial charge in [-0.15, -0.1) is 0 Å². The van der Waals surface area contributed by atoms with Crippen LogP contribution in [0.3, 0.4) is 0 Å². The fourth-order valence-corrected chi connectivity index (χ4v) is 1.15. The van der Waals surface area contributed by atoms with E-state index in [0.29, 0.717) is 19.4 Å². The third kappa shape index (κ3) is 9.66. The number of esters is 1. The monoisotopic (exact) mass is 245 g/mol.